The number of rotatable bonds is 5. The van der Waals surface area contributed by atoms with Crippen LogP contribution in [0.15, 0.2) is 30.3 Å². The zero-order chi connectivity index (χ0) is 13.8. The molecular weight excluding hydrogens is 256 g/mol. The van der Waals surface area contributed by atoms with Gasteiger partial charge in [-0.15, -0.1) is 11.3 Å². The summed E-state index contributed by atoms with van der Waals surface area (Å²) in [6.07, 6.45) is 0.354. The van der Waals surface area contributed by atoms with E-state index < -0.39 is 6.10 Å². The second-order valence-corrected chi connectivity index (χ2v) is 5.96. The van der Waals surface area contributed by atoms with E-state index in [1.54, 1.807) is 11.3 Å². The lowest BCUT2D eigenvalue weighted by Gasteiger charge is -2.14. The maximum atomic E-state index is 10.5. The molecular formula is C16H20O2S. The summed E-state index contributed by atoms with van der Waals surface area (Å²) in [5.41, 5.74) is 2.07. The predicted octanol–water partition coefficient (Wildman–Crippen LogP) is 4.24. The van der Waals surface area contributed by atoms with Gasteiger partial charge in [0.25, 0.3) is 0 Å². The highest BCUT2D eigenvalue weighted by atomic mass is 32.1. The number of hydrogen-bond donors (Lipinski definition) is 1. The Morgan fingerprint density at radius 2 is 2.00 bits per heavy atom. The van der Waals surface area contributed by atoms with Crippen molar-refractivity contribution in [3.8, 4) is 5.75 Å². The molecule has 1 aromatic heterocycles. The third kappa shape index (κ3) is 3.17. The number of aryl methyl sites for hydroxylation is 2. The smallest absolute Gasteiger partial charge is 0.125 e. The quantitative estimate of drug-likeness (QED) is 0.885. The first-order valence-corrected chi connectivity index (χ1v) is 7.41. The van der Waals surface area contributed by atoms with Crippen molar-refractivity contribution in [3.05, 3.63) is 51.2 Å². The molecule has 2 nitrogen and oxygen atoms in total. The molecule has 19 heavy (non-hydrogen) atoms. The van der Waals surface area contributed by atoms with Crippen LogP contribution in [0.3, 0.4) is 0 Å². The zero-order valence-corrected chi connectivity index (χ0v) is 12.5. The van der Waals surface area contributed by atoms with Crippen LogP contribution >= 0.6 is 11.3 Å². The topological polar surface area (TPSA) is 29.5 Å². The normalized spacial score (nSPS) is 12.4. The second-order valence-electron chi connectivity index (χ2n) is 4.68. The van der Waals surface area contributed by atoms with Crippen LogP contribution in [0.2, 0.25) is 0 Å². The van der Waals surface area contributed by atoms with Crippen LogP contribution in [0, 0.1) is 13.8 Å². The lowest BCUT2D eigenvalue weighted by atomic mass is 10.1. The average Bonchev–Trinajstić information content (AvgIpc) is 2.76. The third-order valence-corrected chi connectivity index (χ3v) is 4.33. The number of benzene rings is 1. The van der Waals surface area contributed by atoms with E-state index in [-0.39, 0.29) is 0 Å². The van der Waals surface area contributed by atoms with Crippen LogP contribution in [0.5, 0.6) is 5.75 Å². The fraction of sp³-hybridized carbons (Fsp3) is 0.375. The molecule has 1 atom stereocenters. The summed E-state index contributed by atoms with van der Waals surface area (Å²) in [7, 11) is 0. The first-order chi connectivity index (χ1) is 9.13. The molecule has 0 amide bonds. The number of para-hydroxylation sites is 1. The van der Waals surface area contributed by atoms with E-state index in [4.69, 9.17) is 4.74 Å². The molecule has 0 aliphatic rings. The fourth-order valence-corrected chi connectivity index (χ4v) is 2.99. The Balaban J connectivity index is 2.30. The minimum absolute atomic E-state index is 0.606. The summed E-state index contributed by atoms with van der Waals surface area (Å²) >= 11 is 1.64. The third-order valence-electron chi connectivity index (χ3n) is 3.13. The van der Waals surface area contributed by atoms with Crippen molar-refractivity contribution in [3.63, 3.8) is 0 Å². The molecule has 1 aromatic carbocycles. The summed E-state index contributed by atoms with van der Waals surface area (Å²) < 4.78 is 5.71. The van der Waals surface area contributed by atoms with Gasteiger partial charge in [0.2, 0.25) is 0 Å². The SMILES string of the molecule is CCCOc1ccccc1C(O)c1cc(C)c(C)s1. The molecule has 1 heterocycles. The Labute approximate surface area is 118 Å². The van der Waals surface area contributed by atoms with Crippen molar-refractivity contribution in [2.45, 2.75) is 33.3 Å². The van der Waals surface area contributed by atoms with E-state index in [1.807, 2.05) is 24.3 Å². The van der Waals surface area contributed by atoms with Gasteiger partial charge in [-0.1, -0.05) is 25.1 Å². The second kappa shape index (κ2) is 6.22. The van der Waals surface area contributed by atoms with E-state index in [9.17, 15) is 5.11 Å². The van der Waals surface area contributed by atoms with Crippen molar-refractivity contribution in [2.75, 3.05) is 6.61 Å². The monoisotopic (exact) mass is 276 g/mol. The Morgan fingerprint density at radius 3 is 2.63 bits per heavy atom. The molecule has 102 valence electrons. The molecule has 0 saturated carbocycles. The maximum Gasteiger partial charge on any atom is 0.125 e. The zero-order valence-electron chi connectivity index (χ0n) is 11.6. The van der Waals surface area contributed by atoms with Gasteiger partial charge >= 0.3 is 0 Å². The number of ether oxygens (including phenoxy) is 1. The Hall–Kier alpha value is -1.32. The highest BCUT2D eigenvalue weighted by Gasteiger charge is 2.17. The molecule has 3 heteroatoms. The van der Waals surface area contributed by atoms with Crippen molar-refractivity contribution in [2.24, 2.45) is 0 Å². The average molecular weight is 276 g/mol. The molecule has 2 rings (SSSR count). The van der Waals surface area contributed by atoms with Gasteiger partial charge in [-0.2, -0.15) is 0 Å². The summed E-state index contributed by atoms with van der Waals surface area (Å²) in [5.74, 6) is 0.778. The van der Waals surface area contributed by atoms with Gasteiger partial charge in [0, 0.05) is 15.3 Å². The van der Waals surface area contributed by atoms with Gasteiger partial charge in [0.15, 0.2) is 0 Å². The van der Waals surface area contributed by atoms with E-state index in [1.165, 1.54) is 10.4 Å². The van der Waals surface area contributed by atoms with Crippen molar-refractivity contribution < 1.29 is 9.84 Å². The Kier molecular flexibility index (Phi) is 4.61. The molecule has 2 aromatic rings. The van der Waals surface area contributed by atoms with Gasteiger partial charge in [-0.25, -0.2) is 0 Å². The predicted molar refractivity (Wildman–Crippen MR) is 80.1 cm³/mol. The van der Waals surface area contributed by atoms with Gasteiger partial charge in [-0.05, 0) is 38.0 Å². The van der Waals surface area contributed by atoms with E-state index in [0.717, 1.165) is 22.6 Å². The van der Waals surface area contributed by atoms with E-state index >= 15 is 0 Å². The molecule has 0 aliphatic heterocycles. The highest BCUT2D eigenvalue weighted by molar-refractivity contribution is 7.12. The van der Waals surface area contributed by atoms with Gasteiger partial charge in [0.1, 0.15) is 11.9 Å². The molecule has 1 N–H and O–H groups in total. The van der Waals surface area contributed by atoms with Crippen LogP contribution in [0.1, 0.15) is 40.3 Å². The molecule has 0 spiro atoms. The molecule has 0 saturated heterocycles. The number of aliphatic hydroxyl groups excluding tert-OH is 1. The Bertz CT molecular complexity index is 526. The van der Waals surface area contributed by atoms with Crippen molar-refractivity contribution in [1.29, 1.82) is 0 Å². The van der Waals surface area contributed by atoms with Crippen LogP contribution < -0.4 is 4.74 Å². The van der Waals surface area contributed by atoms with Crippen molar-refractivity contribution in [1.82, 2.24) is 0 Å². The molecule has 0 bridgehead atoms. The summed E-state index contributed by atoms with van der Waals surface area (Å²) in [5, 5.41) is 10.5. The first kappa shape index (κ1) is 14.1. The van der Waals surface area contributed by atoms with E-state index in [0.29, 0.717) is 6.61 Å². The van der Waals surface area contributed by atoms with Crippen LogP contribution in [0.4, 0.5) is 0 Å². The lowest BCUT2D eigenvalue weighted by Crippen LogP contribution is -2.03. The summed E-state index contributed by atoms with van der Waals surface area (Å²) in [6, 6.07) is 9.78. The van der Waals surface area contributed by atoms with Gasteiger partial charge < -0.3 is 9.84 Å². The van der Waals surface area contributed by atoms with Crippen LogP contribution in [-0.4, -0.2) is 11.7 Å². The maximum absolute atomic E-state index is 10.5. The molecule has 0 radical (unpaired) electrons. The molecule has 0 aliphatic carbocycles. The lowest BCUT2D eigenvalue weighted by molar-refractivity contribution is 0.214. The van der Waals surface area contributed by atoms with Crippen LogP contribution in [0.25, 0.3) is 0 Å². The molecule has 0 fully saturated rings. The minimum atomic E-state index is -0.606. The Morgan fingerprint density at radius 1 is 1.26 bits per heavy atom. The number of thiophene rings is 1. The first-order valence-electron chi connectivity index (χ1n) is 6.60. The highest BCUT2D eigenvalue weighted by Crippen LogP contribution is 2.34. The van der Waals surface area contributed by atoms with Gasteiger partial charge in [-0.3, -0.25) is 0 Å². The van der Waals surface area contributed by atoms with E-state index in [2.05, 4.69) is 26.8 Å². The minimum Gasteiger partial charge on any atom is -0.493 e. The van der Waals surface area contributed by atoms with Crippen LogP contribution in [-0.2, 0) is 0 Å². The van der Waals surface area contributed by atoms with Gasteiger partial charge in [0.05, 0.1) is 6.61 Å². The number of hydrogen-bond acceptors (Lipinski definition) is 3. The standard InChI is InChI=1S/C16H20O2S/c1-4-9-18-14-8-6-5-7-13(14)16(17)15-10-11(2)12(3)19-15/h5-8,10,16-17H,4,9H2,1-3H3. The van der Waals surface area contributed by atoms with Crippen molar-refractivity contribution >= 4 is 11.3 Å². The molecule has 1 unspecified atom stereocenters. The number of aliphatic hydroxyl groups is 1. The summed E-state index contributed by atoms with van der Waals surface area (Å²) in [6.45, 7) is 6.90. The fourth-order valence-electron chi connectivity index (χ4n) is 1.94. The largest absolute Gasteiger partial charge is 0.493 e. The summed E-state index contributed by atoms with van der Waals surface area (Å²) in [4.78, 5) is 2.23.